The first kappa shape index (κ1) is 15.8. The summed E-state index contributed by atoms with van der Waals surface area (Å²) in [6.45, 7) is 8.20. The molecule has 1 aromatic rings. The Hall–Kier alpha value is -1.55. The van der Waals surface area contributed by atoms with E-state index in [9.17, 15) is 4.79 Å². The van der Waals surface area contributed by atoms with Crippen LogP contribution < -0.4 is 10.6 Å². The zero-order chi connectivity index (χ0) is 15.2. The van der Waals surface area contributed by atoms with Crippen molar-refractivity contribution in [3.8, 4) is 0 Å². The monoisotopic (exact) mass is 290 g/mol. The maximum Gasteiger partial charge on any atom is 0.225 e. The van der Waals surface area contributed by atoms with Crippen molar-refractivity contribution in [2.24, 2.45) is 11.8 Å². The zero-order valence-electron chi connectivity index (χ0n) is 13.2. The molecule has 1 aromatic carbocycles. The fourth-order valence-corrected chi connectivity index (χ4v) is 2.61. The van der Waals surface area contributed by atoms with Crippen molar-refractivity contribution in [2.75, 3.05) is 25.1 Å². The molecule has 1 aliphatic heterocycles. The third kappa shape index (κ3) is 4.46. The van der Waals surface area contributed by atoms with E-state index in [0.717, 1.165) is 18.7 Å². The van der Waals surface area contributed by atoms with Gasteiger partial charge in [0.15, 0.2) is 0 Å². The van der Waals surface area contributed by atoms with Crippen molar-refractivity contribution in [1.82, 2.24) is 5.32 Å². The van der Waals surface area contributed by atoms with E-state index >= 15 is 0 Å². The lowest BCUT2D eigenvalue weighted by atomic mass is 9.87. The number of carbonyl (C=O) groups excluding carboxylic acids is 1. The van der Waals surface area contributed by atoms with Crippen LogP contribution >= 0.6 is 0 Å². The third-order valence-electron chi connectivity index (χ3n) is 3.78. The fourth-order valence-electron chi connectivity index (χ4n) is 2.61. The molecule has 4 nitrogen and oxygen atoms in total. The number of amides is 1. The van der Waals surface area contributed by atoms with Gasteiger partial charge >= 0.3 is 0 Å². The molecule has 0 aromatic heterocycles. The molecule has 1 heterocycles. The predicted octanol–water partition coefficient (Wildman–Crippen LogP) is 2.45. The van der Waals surface area contributed by atoms with Crippen LogP contribution in [0.25, 0.3) is 0 Å². The fraction of sp³-hybridized carbons (Fsp3) is 0.588. The number of ether oxygens (including phenoxy) is 1. The van der Waals surface area contributed by atoms with Crippen molar-refractivity contribution >= 4 is 11.6 Å². The van der Waals surface area contributed by atoms with E-state index in [2.05, 4.69) is 43.5 Å². The topological polar surface area (TPSA) is 50.4 Å². The van der Waals surface area contributed by atoms with Crippen LogP contribution in [-0.2, 0) is 16.0 Å². The molecule has 4 heteroatoms. The molecule has 0 aliphatic carbocycles. The van der Waals surface area contributed by atoms with Crippen molar-refractivity contribution < 1.29 is 9.53 Å². The SMILES string of the molecule is CC(C)COCCNC(=O)C1Cc2ccccc2NC1C. The average Bonchev–Trinajstić information content (AvgIpc) is 2.45. The normalized spacial score (nSPS) is 20.8. The first-order valence-corrected chi connectivity index (χ1v) is 7.78. The highest BCUT2D eigenvalue weighted by molar-refractivity contribution is 5.81. The average molecular weight is 290 g/mol. The van der Waals surface area contributed by atoms with Crippen molar-refractivity contribution in [3.63, 3.8) is 0 Å². The minimum absolute atomic E-state index is 0.0231. The maximum absolute atomic E-state index is 12.3. The van der Waals surface area contributed by atoms with Gasteiger partial charge in [-0.05, 0) is 30.9 Å². The molecule has 0 fully saturated rings. The highest BCUT2D eigenvalue weighted by atomic mass is 16.5. The summed E-state index contributed by atoms with van der Waals surface area (Å²) >= 11 is 0. The quantitative estimate of drug-likeness (QED) is 0.791. The lowest BCUT2D eigenvalue weighted by molar-refractivity contribution is -0.125. The van der Waals surface area contributed by atoms with Gasteiger partial charge in [-0.25, -0.2) is 0 Å². The summed E-state index contributed by atoms with van der Waals surface area (Å²) in [5.74, 6) is 0.613. The van der Waals surface area contributed by atoms with E-state index in [1.807, 2.05) is 12.1 Å². The summed E-state index contributed by atoms with van der Waals surface area (Å²) in [5.41, 5.74) is 2.36. The Morgan fingerprint density at radius 1 is 1.43 bits per heavy atom. The standard InChI is InChI=1S/C17H26N2O2/c1-12(2)11-21-9-8-18-17(20)15-10-14-6-4-5-7-16(14)19-13(15)3/h4-7,12-13,15,19H,8-11H2,1-3H3,(H,18,20). The second-order valence-electron chi connectivity index (χ2n) is 6.16. The second kappa shape index (κ2) is 7.46. The molecule has 2 rings (SSSR count). The number of anilines is 1. The Labute approximate surface area is 127 Å². The summed E-state index contributed by atoms with van der Waals surface area (Å²) in [7, 11) is 0. The molecule has 2 atom stereocenters. The molecule has 116 valence electrons. The van der Waals surface area contributed by atoms with E-state index in [1.165, 1.54) is 5.56 Å². The smallest absolute Gasteiger partial charge is 0.225 e. The van der Waals surface area contributed by atoms with Gasteiger partial charge in [0.25, 0.3) is 0 Å². The van der Waals surface area contributed by atoms with E-state index in [-0.39, 0.29) is 17.9 Å². The number of carbonyl (C=O) groups is 1. The van der Waals surface area contributed by atoms with Gasteiger partial charge in [0.2, 0.25) is 5.91 Å². The molecule has 0 spiro atoms. The van der Waals surface area contributed by atoms with E-state index in [4.69, 9.17) is 4.74 Å². The minimum atomic E-state index is -0.0231. The Kier molecular flexibility index (Phi) is 5.62. The maximum atomic E-state index is 12.3. The largest absolute Gasteiger partial charge is 0.382 e. The molecule has 1 aliphatic rings. The Morgan fingerprint density at radius 2 is 2.19 bits per heavy atom. The van der Waals surface area contributed by atoms with E-state index in [0.29, 0.717) is 19.1 Å². The Morgan fingerprint density at radius 3 is 2.95 bits per heavy atom. The summed E-state index contributed by atoms with van der Waals surface area (Å²) in [6.07, 6.45) is 0.795. The molecular weight excluding hydrogens is 264 g/mol. The van der Waals surface area contributed by atoms with Gasteiger partial charge in [0.05, 0.1) is 12.5 Å². The van der Waals surface area contributed by atoms with Crippen molar-refractivity contribution in [1.29, 1.82) is 0 Å². The third-order valence-corrected chi connectivity index (χ3v) is 3.78. The molecule has 0 saturated carbocycles. The van der Waals surface area contributed by atoms with Crippen LogP contribution in [-0.4, -0.2) is 31.7 Å². The number of benzene rings is 1. The number of rotatable bonds is 6. The van der Waals surface area contributed by atoms with Gasteiger partial charge in [0.1, 0.15) is 0 Å². The molecule has 2 unspecified atom stereocenters. The van der Waals surface area contributed by atoms with Crippen molar-refractivity contribution in [3.05, 3.63) is 29.8 Å². The van der Waals surface area contributed by atoms with Gasteiger partial charge in [-0.3, -0.25) is 4.79 Å². The minimum Gasteiger partial charge on any atom is -0.382 e. The first-order valence-electron chi connectivity index (χ1n) is 7.78. The van der Waals surface area contributed by atoms with Gasteiger partial charge in [-0.15, -0.1) is 0 Å². The number of nitrogens with one attached hydrogen (secondary N) is 2. The zero-order valence-corrected chi connectivity index (χ0v) is 13.2. The Bertz CT molecular complexity index is 474. The number of hydrogen-bond acceptors (Lipinski definition) is 3. The summed E-state index contributed by atoms with van der Waals surface area (Å²) in [4.78, 5) is 12.3. The molecule has 0 saturated heterocycles. The van der Waals surface area contributed by atoms with Gasteiger partial charge in [0, 0.05) is 24.9 Å². The summed E-state index contributed by atoms with van der Waals surface area (Å²) in [6, 6.07) is 8.34. The van der Waals surface area contributed by atoms with Crippen LogP contribution in [0, 0.1) is 11.8 Å². The molecular formula is C17H26N2O2. The highest BCUT2D eigenvalue weighted by Crippen LogP contribution is 2.28. The van der Waals surface area contributed by atoms with Crippen LogP contribution in [0.5, 0.6) is 0 Å². The van der Waals surface area contributed by atoms with Crippen LogP contribution in [0.2, 0.25) is 0 Å². The van der Waals surface area contributed by atoms with E-state index in [1.54, 1.807) is 0 Å². The number of fused-ring (bicyclic) bond motifs is 1. The van der Waals surface area contributed by atoms with Crippen LogP contribution in [0.1, 0.15) is 26.3 Å². The van der Waals surface area contributed by atoms with Crippen LogP contribution in [0.15, 0.2) is 24.3 Å². The van der Waals surface area contributed by atoms with E-state index < -0.39 is 0 Å². The van der Waals surface area contributed by atoms with Gasteiger partial charge in [-0.1, -0.05) is 32.0 Å². The lowest BCUT2D eigenvalue weighted by Gasteiger charge is -2.31. The molecule has 21 heavy (non-hydrogen) atoms. The summed E-state index contributed by atoms with van der Waals surface area (Å²) in [5, 5.41) is 6.40. The second-order valence-corrected chi connectivity index (χ2v) is 6.16. The first-order chi connectivity index (χ1) is 10.1. The number of para-hydroxylation sites is 1. The number of hydrogen-bond donors (Lipinski definition) is 2. The summed E-state index contributed by atoms with van der Waals surface area (Å²) < 4.78 is 5.49. The highest BCUT2D eigenvalue weighted by Gasteiger charge is 2.29. The molecule has 1 amide bonds. The molecule has 2 N–H and O–H groups in total. The van der Waals surface area contributed by atoms with Crippen molar-refractivity contribution in [2.45, 2.75) is 33.2 Å². The van der Waals surface area contributed by atoms with Gasteiger partial charge < -0.3 is 15.4 Å². The molecule has 0 radical (unpaired) electrons. The Balaban J connectivity index is 1.80. The van der Waals surface area contributed by atoms with Gasteiger partial charge in [-0.2, -0.15) is 0 Å². The molecule has 0 bridgehead atoms. The lowest BCUT2D eigenvalue weighted by Crippen LogP contribution is -2.44. The van der Waals surface area contributed by atoms with Crippen LogP contribution in [0.3, 0.4) is 0 Å². The predicted molar refractivity (Wildman–Crippen MR) is 85.4 cm³/mol. The van der Waals surface area contributed by atoms with Crippen LogP contribution in [0.4, 0.5) is 5.69 Å².